The number of nitro benzene ring substituents is 1. The van der Waals surface area contributed by atoms with Gasteiger partial charge in [0.05, 0.1) is 4.92 Å². The summed E-state index contributed by atoms with van der Waals surface area (Å²) in [5, 5.41) is 31.2. The van der Waals surface area contributed by atoms with Gasteiger partial charge in [-0.15, -0.1) is 0 Å². The maximum atomic E-state index is 10.4. The van der Waals surface area contributed by atoms with Crippen LogP contribution in [0.25, 0.3) is 0 Å². The van der Waals surface area contributed by atoms with Gasteiger partial charge in [0.25, 0.3) is 5.69 Å². The minimum atomic E-state index is -1.82. The van der Waals surface area contributed by atoms with E-state index in [1.807, 2.05) is 0 Å². The van der Waals surface area contributed by atoms with Crippen molar-refractivity contribution in [3.05, 3.63) is 58.2 Å². The lowest BCUT2D eigenvalue weighted by atomic mass is 10.3. The van der Waals surface area contributed by atoms with E-state index in [2.05, 4.69) is 0 Å². The molecular formula is C7H5ClIN3O6. The van der Waals surface area contributed by atoms with Gasteiger partial charge in [-0.05, 0) is 12.1 Å². The van der Waals surface area contributed by atoms with Gasteiger partial charge in [-0.1, -0.05) is 0 Å². The monoisotopic (exact) mass is 389 g/mol. The Labute approximate surface area is 116 Å². The minimum absolute atomic E-state index is 0. The van der Waals surface area contributed by atoms with Crippen LogP contribution in [0.1, 0.15) is 0 Å². The van der Waals surface area contributed by atoms with Gasteiger partial charge in [-0.25, -0.2) is 0 Å². The summed E-state index contributed by atoms with van der Waals surface area (Å²) in [5.41, 5.74) is -0.156. The summed E-state index contributed by atoms with van der Waals surface area (Å²) < 4.78 is -1.41. The first-order valence-corrected chi connectivity index (χ1v) is 6.39. The third-order valence-electron chi connectivity index (χ3n) is 1.61. The zero-order chi connectivity index (χ0) is 13.0. The third kappa shape index (κ3) is 4.37. The zero-order valence-electron chi connectivity index (χ0n) is 8.43. The molecule has 0 spiro atoms. The van der Waals surface area contributed by atoms with Crippen LogP contribution in [0.4, 0.5) is 5.69 Å². The van der Waals surface area contributed by atoms with E-state index in [1.54, 1.807) is 0 Å². The number of rotatable bonds is 5. The SMILES string of the molecule is O=[N+]([O-])c1ccc([I+]C([N+](=O)[O-])[N+](=O)[O-])cc1.[Cl-]. The molecule has 1 rings (SSSR count). The van der Waals surface area contributed by atoms with Gasteiger partial charge >= 0.3 is 25.4 Å². The Bertz CT molecular complexity index is 453. The molecule has 0 unspecified atom stereocenters. The van der Waals surface area contributed by atoms with E-state index in [9.17, 15) is 30.3 Å². The highest BCUT2D eigenvalue weighted by Gasteiger charge is 2.48. The number of non-ortho nitro benzene ring substituents is 1. The van der Waals surface area contributed by atoms with Gasteiger partial charge in [0.1, 0.15) is 9.85 Å². The molecule has 18 heavy (non-hydrogen) atoms. The first-order valence-electron chi connectivity index (χ1n) is 4.06. The average molecular weight is 389 g/mol. The van der Waals surface area contributed by atoms with Crippen LogP contribution < -0.4 is 33.6 Å². The predicted molar refractivity (Wildman–Crippen MR) is 49.6 cm³/mol. The second-order valence-electron chi connectivity index (χ2n) is 2.72. The Balaban J connectivity index is 0.00000289. The summed E-state index contributed by atoms with van der Waals surface area (Å²) in [4.78, 5) is 28.6. The molecule has 0 aliphatic rings. The van der Waals surface area contributed by atoms with Crippen LogP contribution in [0.3, 0.4) is 0 Å². The quantitative estimate of drug-likeness (QED) is 0.123. The van der Waals surface area contributed by atoms with Crippen molar-refractivity contribution in [1.82, 2.24) is 0 Å². The van der Waals surface area contributed by atoms with E-state index in [1.165, 1.54) is 24.3 Å². The molecule has 11 heteroatoms. The lowest BCUT2D eigenvalue weighted by molar-refractivity contribution is -0.966. The summed E-state index contributed by atoms with van der Waals surface area (Å²) in [6, 6.07) is 4.97. The number of hydrogen-bond acceptors (Lipinski definition) is 6. The smallest absolute Gasteiger partial charge is 0.627 e. The molecule has 0 fully saturated rings. The van der Waals surface area contributed by atoms with Crippen molar-refractivity contribution in [3.8, 4) is 0 Å². The molecule has 1 aromatic rings. The summed E-state index contributed by atoms with van der Waals surface area (Å²) in [7, 11) is 0. The molecule has 0 aliphatic heterocycles. The first-order chi connectivity index (χ1) is 7.91. The van der Waals surface area contributed by atoms with Crippen molar-refractivity contribution in [2.45, 2.75) is 4.17 Å². The molecule has 0 radical (unpaired) electrons. The van der Waals surface area contributed by atoms with Crippen LogP contribution in [0, 0.1) is 33.9 Å². The fourth-order valence-electron chi connectivity index (χ4n) is 0.905. The Morgan fingerprint density at radius 3 is 1.72 bits per heavy atom. The molecule has 0 amide bonds. The van der Waals surface area contributed by atoms with Gasteiger partial charge in [0.15, 0.2) is 0 Å². The van der Waals surface area contributed by atoms with Crippen molar-refractivity contribution < 1.29 is 48.4 Å². The van der Waals surface area contributed by atoms with Crippen LogP contribution in [-0.2, 0) is 0 Å². The highest BCUT2D eigenvalue weighted by atomic mass is 127. The highest BCUT2D eigenvalue weighted by molar-refractivity contribution is 5.27. The summed E-state index contributed by atoms with van der Waals surface area (Å²) in [5.74, 6) is 0. The number of hydrogen-bond donors (Lipinski definition) is 0. The molecule has 0 heterocycles. The molecule has 0 bridgehead atoms. The van der Waals surface area contributed by atoms with Crippen LogP contribution in [0.15, 0.2) is 24.3 Å². The number of nitro groups is 3. The number of benzene rings is 1. The molecule has 0 saturated carbocycles. The Kier molecular flexibility index (Phi) is 6.40. The molecule has 98 valence electrons. The summed E-state index contributed by atoms with van der Waals surface area (Å²) in [6.07, 6.45) is 0. The Morgan fingerprint density at radius 1 is 0.944 bits per heavy atom. The number of nitrogens with zero attached hydrogens (tertiary/aromatic N) is 3. The van der Waals surface area contributed by atoms with Crippen molar-refractivity contribution >= 4 is 5.69 Å². The number of halogens is 2. The maximum Gasteiger partial charge on any atom is 0.627 e. The lowest BCUT2D eigenvalue weighted by Gasteiger charge is -1.90. The van der Waals surface area contributed by atoms with E-state index in [-0.39, 0.29) is 18.1 Å². The topological polar surface area (TPSA) is 129 Å². The van der Waals surface area contributed by atoms with Crippen LogP contribution in [0.2, 0.25) is 0 Å². The maximum absolute atomic E-state index is 10.4. The normalized spacial score (nSPS) is 9.61. The van der Waals surface area contributed by atoms with E-state index in [0.29, 0.717) is 3.57 Å². The zero-order valence-corrected chi connectivity index (χ0v) is 11.3. The van der Waals surface area contributed by atoms with Crippen LogP contribution >= 0.6 is 0 Å². The van der Waals surface area contributed by atoms with Gasteiger partial charge in [-0.2, -0.15) is 0 Å². The van der Waals surface area contributed by atoms with E-state index < -0.39 is 40.1 Å². The van der Waals surface area contributed by atoms with Gasteiger partial charge in [0.2, 0.25) is 3.57 Å². The van der Waals surface area contributed by atoms with Crippen molar-refractivity contribution in [2.75, 3.05) is 0 Å². The molecule has 0 aromatic heterocycles. The third-order valence-corrected chi connectivity index (χ3v) is 4.51. The van der Waals surface area contributed by atoms with Gasteiger partial charge in [-0.3, -0.25) is 30.3 Å². The van der Waals surface area contributed by atoms with Crippen molar-refractivity contribution in [1.29, 1.82) is 0 Å². The molecular weight excluding hydrogens is 384 g/mol. The summed E-state index contributed by atoms with van der Waals surface area (Å²) in [6.45, 7) is 0. The van der Waals surface area contributed by atoms with Crippen molar-refractivity contribution in [3.63, 3.8) is 0 Å². The molecule has 0 saturated heterocycles. The highest BCUT2D eigenvalue weighted by Crippen LogP contribution is 2.07. The molecule has 0 aliphatic carbocycles. The largest absolute Gasteiger partial charge is 1.00 e. The van der Waals surface area contributed by atoms with E-state index in [0.717, 1.165) is 0 Å². The lowest BCUT2D eigenvalue weighted by Crippen LogP contribution is -3.66. The predicted octanol–water partition coefficient (Wildman–Crippen LogP) is -5.31. The minimum Gasteiger partial charge on any atom is -1.00 e. The van der Waals surface area contributed by atoms with Gasteiger partial charge < -0.3 is 12.4 Å². The molecule has 9 nitrogen and oxygen atoms in total. The van der Waals surface area contributed by atoms with Gasteiger partial charge in [0, 0.05) is 12.1 Å². The van der Waals surface area contributed by atoms with E-state index >= 15 is 0 Å². The molecule has 1 aromatic carbocycles. The fraction of sp³-hybridized carbons (Fsp3) is 0.143. The second kappa shape index (κ2) is 7.00. The average Bonchev–Trinajstić information content (AvgIpc) is 2.25. The first kappa shape index (κ1) is 16.4. The standard InChI is InChI=1S/C7H5IN3O6.ClH/c12-9(13)6-3-1-5(2-4-6)8-7(10(14)15)11(16)17;/h1-4,7H;1H/q+1;/p-1. The second-order valence-corrected chi connectivity index (χ2v) is 5.71. The van der Waals surface area contributed by atoms with Crippen LogP contribution in [0.5, 0.6) is 0 Å². The number of alkyl halides is 1. The molecule has 0 atom stereocenters. The van der Waals surface area contributed by atoms with E-state index in [4.69, 9.17) is 0 Å². The van der Waals surface area contributed by atoms with Crippen LogP contribution in [-0.4, -0.2) is 18.9 Å². The summed E-state index contributed by atoms with van der Waals surface area (Å²) >= 11 is -1.47. The molecule has 0 N–H and O–H groups in total. The Morgan fingerprint density at radius 2 is 1.39 bits per heavy atom. The fourth-order valence-corrected chi connectivity index (χ4v) is 2.78. The Hall–Kier alpha value is -1.56. The van der Waals surface area contributed by atoms with Crippen molar-refractivity contribution in [2.24, 2.45) is 0 Å².